The molecule has 1 fully saturated rings. The molecule has 1 aromatic heterocycles. The number of rotatable bonds is 4. The van der Waals surface area contributed by atoms with E-state index < -0.39 is 10.0 Å². The minimum Gasteiger partial charge on any atom is -0.369 e. The van der Waals surface area contributed by atoms with Crippen LogP contribution in [0.1, 0.15) is 23.0 Å². The number of piperazine rings is 1. The topological polar surface area (TPSA) is 75.5 Å². The highest BCUT2D eigenvalue weighted by atomic mass is 35.5. The zero-order chi connectivity index (χ0) is 19.1. The van der Waals surface area contributed by atoms with Crippen molar-refractivity contribution in [2.75, 3.05) is 31.1 Å². The fourth-order valence-electron chi connectivity index (χ4n) is 3.13. The molecule has 2 heterocycles. The maximum atomic E-state index is 12.9. The summed E-state index contributed by atoms with van der Waals surface area (Å²) in [4.78, 5) is 13.6. The smallest absolute Gasteiger partial charge is 0.248 e. The molecule has 0 radical (unpaired) electrons. The van der Waals surface area contributed by atoms with Crippen molar-refractivity contribution in [1.82, 2.24) is 14.1 Å². The summed E-state index contributed by atoms with van der Waals surface area (Å²) in [7, 11) is -2.06. The van der Waals surface area contributed by atoms with E-state index in [2.05, 4.69) is 10.00 Å². The summed E-state index contributed by atoms with van der Waals surface area (Å²) in [6, 6.07) is 7.37. The first-order chi connectivity index (χ1) is 12.2. The van der Waals surface area contributed by atoms with E-state index in [0.29, 0.717) is 37.4 Å². The second-order valence-electron chi connectivity index (χ2n) is 6.32. The van der Waals surface area contributed by atoms with E-state index in [1.165, 1.54) is 15.9 Å². The maximum absolute atomic E-state index is 12.9. The van der Waals surface area contributed by atoms with Gasteiger partial charge in [0.15, 0.2) is 5.78 Å². The number of hydrogen-bond donors (Lipinski definition) is 0. The Labute approximate surface area is 158 Å². The van der Waals surface area contributed by atoms with Gasteiger partial charge in [-0.2, -0.15) is 9.40 Å². The normalized spacial score (nSPS) is 16.1. The van der Waals surface area contributed by atoms with Gasteiger partial charge < -0.3 is 4.90 Å². The van der Waals surface area contributed by atoms with Gasteiger partial charge in [-0.25, -0.2) is 8.42 Å². The summed E-state index contributed by atoms with van der Waals surface area (Å²) >= 11 is 6.14. The quantitative estimate of drug-likeness (QED) is 0.740. The molecule has 0 aliphatic carbocycles. The van der Waals surface area contributed by atoms with Gasteiger partial charge in [0, 0.05) is 44.5 Å². The lowest BCUT2D eigenvalue weighted by Gasteiger charge is -2.35. The number of carbonyl (C=O) groups is 1. The molecule has 1 saturated heterocycles. The van der Waals surface area contributed by atoms with Crippen LogP contribution in [0.2, 0.25) is 5.15 Å². The molecule has 140 valence electrons. The predicted octanol–water partition coefficient (Wildman–Crippen LogP) is 2.10. The van der Waals surface area contributed by atoms with Crippen molar-refractivity contribution < 1.29 is 13.2 Å². The monoisotopic (exact) mass is 396 g/mol. The molecule has 1 aliphatic heterocycles. The average Bonchev–Trinajstić information content (AvgIpc) is 2.87. The van der Waals surface area contributed by atoms with Crippen LogP contribution in [-0.4, -0.2) is 54.5 Å². The zero-order valence-electron chi connectivity index (χ0n) is 14.9. The van der Waals surface area contributed by atoms with Crippen LogP contribution in [0.3, 0.4) is 0 Å². The summed E-state index contributed by atoms with van der Waals surface area (Å²) in [5.41, 5.74) is 2.04. The lowest BCUT2D eigenvalue weighted by Crippen LogP contribution is -2.48. The fourth-order valence-corrected chi connectivity index (χ4v) is 5.25. The lowest BCUT2D eigenvalue weighted by molar-refractivity contribution is 0.101. The molecule has 0 bridgehead atoms. The summed E-state index contributed by atoms with van der Waals surface area (Å²) in [5, 5.41) is 4.23. The molecule has 3 rings (SSSR count). The summed E-state index contributed by atoms with van der Waals surface area (Å²) in [5.74, 6) is 0.0242. The lowest BCUT2D eigenvalue weighted by atomic mass is 10.1. The molecule has 0 saturated carbocycles. The number of Topliss-reactive ketones (excluding diaryl/α,β-unsaturated/α-hetero) is 1. The first-order valence-electron chi connectivity index (χ1n) is 8.27. The Morgan fingerprint density at radius 1 is 1.12 bits per heavy atom. The van der Waals surface area contributed by atoms with Crippen molar-refractivity contribution in [3.8, 4) is 0 Å². The highest BCUT2D eigenvalue weighted by Gasteiger charge is 2.33. The standard InChI is InChI=1S/C17H21ClN4O3S/c1-12-16(17(18)20(3)19-12)26(24,25)22-10-8-21(9-11-22)15-6-4-14(5-7-15)13(2)23/h4-7H,8-11H2,1-3H3. The van der Waals surface area contributed by atoms with Gasteiger partial charge in [0.25, 0.3) is 0 Å². The Morgan fingerprint density at radius 2 is 1.69 bits per heavy atom. The van der Waals surface area contributed by atoms with Crippen LogP contribution in [0, 0.1) is 6.92 Å². The molecule has 1 aliphatic rings. The van der Waals surface area contributed by atoms with Crippen LogP contribution in [-0.2, 0) is 17.1 Å². The first kappa shape index (κ1) is 18.9. The van der Waals surface area contributed by atoms with E-state index in [9.17, 15) is 13.2 Å². The third-order valence-corrected chi connectivity index (χ3v) is 7.17. The average molecular weight is 397 g/mol. The van der Waals surface area contributed by atoms with Crippen LogP contribution < -0.4 is 4.90 Å². The Kier molecular flexibility index (Phi) is 5.09. The minimum atomic E-state index is -3.68. The Bertz CT molecular complexity index is 930. The van der Waals surface area contributed by atoms with E-state index in [-0.39, 0.29) is 15.8 Å². The number of hydrogen-bond acceptors (Lipinski definition) is 5. The second kappa shape index (κ2) is 7.02. The second-order valence-corrected chi connectivity index (χ2v) is 8.56. The predicted molar refractivity (Wildman–Crippen MR) is 100 cm³/mol. The highest BCUT2D eigenvalue weighted by Crippen LogP contribution is 2.28. The number of benzene rings is 1. The fraction of sp³-hybridized carbons (Fsp3) is 0.412. The van der Waals surface area contributed by atoms with Crippen molar-refractivity contribution in [1.29, 1.82) is 0 Å². The van der Waals surface area contributed by atoms with Gasteiger partial charge in [-0.05, 0) is 38.1 Å². The summed E-state index contributed by atoms with van der Waals surface area (Å²) in [6.07, 6.45) is 0. The van der Waals surface area contributed by atoms with Crippen molar-refractivity contribution in [3.05, 3.63) is 40.7 Å². The van der Waals surface area contributed by atoms with Gasteiger partial charge >= 0.3 is 0 Å². The van der Waals surface area contributed by atoms with Gasteiger partial charge in [0.05, 0.1) is 5.69 Å². The molecule has 0 amide bonds. The largest absolute Gasteiger partial charge is 0.369 e. The van der Waals surface area contributed by atoms with Crippen LogP contribution in [0.5, 0.6) is 0 Å². The zero-order valence-corrected chi connectivity index (χ0v) is 16.5. The van der Waals surface area contributed by atoms with E-state index in [4.69, 9.17) is 11.6 Å². The van der Waals surface area contributed by atoms with Crippen LogP contribution in [0.25, 0.3) is 0 Å². The molecule has 9 heteroatoms. The number of carbonyl (C=O) groups excluding carboxylic acids is 1. The SMILES string of the molecule is CC(=O)c1ccc(N2CCN(S(=O)(=O)c3c(C)nn(C)c3Cl)CC2)cc1. The van der Waals surface area contributed by atoms with Crippen LogP contribution in [0.15, 0.2) is 29.2 Å². The minimum absolute atomic E-state index is 0.0242. The molecule has 1 aromatic carbocycles. The molecule has 7 nitrogen and oxygen atoms in total. The molecular weight excluding hydrogens is 376 g/mol. The molecule has 0 spiro atoms. The molecule has 0 unspecified atom stereocenters. The van der Waals surface area contributed by atoms with Crippen LogP contribution in [0.4, 0.5) is 5.69 Å². The third kappa shape index (κ3) is 3.36. The molecule has 0 atom stereocenters. The number of anilines is 1. The van der Waals surface area contributed by atoms with E-state index >= 15 is 0 Å². The van der Waals surface area contributed by atoms with E-state index in [1.54, 1.807) is 26.1 Å². The van der Waals surface area contributed by atoms with E-state index in [1.807, 2.05) is 12.1 Å². The third-order valence-electron chi connectivity index (χ3n) is 4.58. The van der Waals surface area contributed by atoms with Gasteiger partial charge in [-0.1, -0.05) is 11.6 Å². The van der Waals surface area contributed by atoms with Gasteiger partial charge in [-0.3, -0.25) is 9.48 Å². The number of aryl methyl sites for hydroxylation is 2. The Morgan fingerprint density at radius 3 is 2.15 bits per heavy atom. The number of nitrogens with zero attached hydrogens (tertiary/aromatic N) is 4. The van der Waals surface area contributed by atoms with Crippen LogP contribution >= 0.6 is 11.6 Å². The van der Waals surface area contributed by atoms with Crippen molar-refractivity contribution in [3.63, 3.8) is 0 Å². The number of sulfonamides is 1. The summed E-state index contributed by atoms with van der Waals surface area (Å²) < 4.78 is 28.7. The van der Waals surface area contributed by atoms with E-state index in [0.717, 1.165) is 5.69 Å². The first-order valence-corrected chi connectivity index (χ1v) is 10.1. The Hall–Kier alpha value is -1.90. The van der Waals surface area contributed by atoms with Gasteiger partial charge in [0.2, 0.25) is 10.0 Å². The van der Waals surface area contributed by atoms with Crippen molar-refractivity contribution >= 4 is 33.1 Å². The Balaban J connectivity index is 1.74. The maximum Gasteiger partial charge on any atom is 0.248 e. The van der Waals surface area contributed by atoms with Crippen molar-refractivity contribution in [2.45, 2.75) is 18.7 Å². The summed E-state index contributed by atoms with van der Waals surface area (Å²) in [6.45, 7) is 5.03. The van der Waals surface area contributed by atoms with Gasteiger partial charge in [0.1, 0.15) is 10.0 Å². The van der Waals surface area contributed by atoms with Gasteiger partial charge in [-0.15, -0.1) is 0 Å². The molecular formula is C17H21ClN4O3S. The molecule has 2 aromatic rings. The number of aromatic nitrogens is 2. The highest BCUT2D eigenvalue weighted by molar-refractivity contribution is 7.89. The van der Waals surface area contributed by atoms with Crippen molar-refractivity contribution in [2.24, 2.45) is 7.05 Å². The molecule has 0 N–H and O–H groups in total. The number of halogens is 1. The molecule has 26 heavy (non-hydrogen) atoms. The number of ketones is 1.